The van der Waals surface area contributed by atoms with E-state index in [1.165, 1.54) is 0 Å². The van der Waals surface area contributed by atoms with E-state index in [0.29, 0.717) is 17.2 Å². The molecule has 0 atom stereocenters. The van der Waals surface area contributed by atoms with Gasteiger partial charge in [-0.25, -0.2) is 9.97 Å². The molecule has 0 aliphatic carbocycles. The summed E-state index contributed by atoms with van der Waals surface area (Å²) in [4.78, 5) is 8.92. The molecule has 1 aromatic heterocycles. The first-order valence-corrected chi connectivity index (χ1v) is 7.06. The van der Waals surface area contributed by atoms with Gasteiger partial charge in [-0.15, -0.1) is 0 Å². The molecule has 6 heteroatoms. The third kappa shape index (κ3) is 3.26. The van der Waals surface area contributed by atoms with Gasteiger partial charge in [0, 0.05) is 17.4 Å². The number of hydrogen-bond donors (Lipinski definition) is 3. The number of nitrogens with two attached hydrogens (primary N) is 2. The number of hydrogen-bond acceptors (Lipinski definition) is 5. The number of anilines is 2. The Balaban J connectivity index is 2.06. The largest absolute Gasteiger partial charge is 0.382 e. The predicted octanol–water partition coefficient (Wildman–Crippen LogP) is 2.47. The first-order valence-electron chi connectivity index (χ1n) is 7.06. The van der Waals surface area contributed by atoms with E-state index < -0.39 is 0 Å². The van der Waals surface area contributed by atoms with Gasteiger partial charge in [-0.05, 0) is 12.1 Å². The fraction of sp³-hybridized carbons (Fsp3) is 0. The molecule has 0 fully saturated rings. The summed E-state index contributed by atoms with van der Waals surface area (Å²) in [6.45, 7) is 0. The molecule has 0 spiro atoms. The minimum Gasteiger partial charge on any atom is -0.382 e. The Hall–Kier alpha value is -3.41. The Morgan fingerprint density at radius 1 is 0.957 bits per heavy atom. The van der Waals surface area contributed by atoms with Crippen molar-refractivity contribution in [3.63, 3.8) is 0 Å². The van der Waals surface area contributed by atoms with Gasteiger partial charge < -0.3 is 16.9 Å². The summed E-state index contributed by atoms with van der Waals surface area (Å²) in [7, 11) is 0. The number of hydrazone groups is 1. The van der Waals surface area contributed by atoms with Crippen molar-refractivity contribution in [2.75, 3.05) is 5.32 Å². The highest BCUT2D eigenvalue weighted by Gasteiger charge is 2.12. The minimum atomic E-state index is 0.169. The number of nitrogens with zero attached hydrogens (tertiary/aromatic N) is 3. The third-order valence-corrected chi connectivity index (χ3v) is 3.27. The van der Waals surface area contributed by atoms with Gasteiger partial charge >= 0.3 is 0 Å². The van der Waals surface area contributed by atoms with Crippen LogP contribution in [-0.4, -0.2) is 15.8 Å². The van der Waals surface area contributed by atoms with Crippen molar-refractivity contribution in [3.8, 4) is 11.4 Å². The number of rotatable bonds is 4. The molecule has 0 saturated carbocycles. The molecule has 0 bridgehead atoms. The van der Waals surface area contributed by atoms with Crippen LogP contribution in [0.3, 0.4) is 0 Å². The van der Waals surface area contributed by atoms with Crippen molar-refractivity contribution in [1.29, 1.82) is 0 Å². The molecule has 5 N–H and O–H groups in total. The van der Waals surface area contributed by atoms with Crippen molar-refractivity contribution < 1.29 is 0 Å². The highest BCUT2D eigenvalue weighted by molar-refractivity contribution is 6.01. The SMILES string of the molecule is NN=C(N)c1cnc(-c2ccccc2)nc1Nc1ccccc1. The number of aromatic nitrogens is 2. The van der Waals surface area contributed by atoms with Crippen LogP contribution in [0.2, 0.25) is 0 Å². The van der Waals surface area contributed by atoms with E-state index in [2.05, 4.69) is 20.4 Å². The number of amidine groups is 1. The number of nitrogens with one attached hydrogen (secondary N) is 1. The zero-order valence-electron chi connectivity index (χ0n) is 12.3. The van der Waals surface area contributed by atoms with Crippen LogP contribution in [0, 0.1) is 0 Å². The Labute approximate surface area is 133 Å². The minimum absolute atomic E-state index is 0.169. The van der Waals surface area contributed by atoms with Gasteiger partial charge in [0.05, 0.1) is 5.56 Å². The molecule has 0 amide bonds. The van der Waals surface area contributed by atoms with Crippen LogP contribution in [-0.2, 0) is 0 Å². The first-order chi connectivity index (χ1) is 11.3. The smallest absolute Gasteiger partial charge is 0.161 e. The van der Waals surface area contributed by atoms with Crippen molar-refractivity contribution in [2.24, 2.45) is 16.7 Å². The molecule has 6 nitrogen and oxygen atoms in total. The second-order valence-electron chi connectivity index (χ2n) is 4.83. The molecule has 1 heterocycles. The monoisotopic (exact) mass is 304 g/mol. The van der Waals surface area contributed by atoms with E-state index in [0.717, 1.165) is 11.3 Å². The second kappa shape index (κ2) is 6.57. The lowest BCUT2D eigenvalue weighted by atomic mass is 10.2. The average molecular weight is 304 g/mol. The van der Waals surface area contributed by atoms with E-state index in [9.17, 15) is 0 Å². The van der Waals surface area contributed by atoms with Crippen molar-refractivity contribution in [3.05, 3.63) is 72.4 Å². The van der Waals surface area contributed by atoms with Gasteiger partial charge in [-0.2, -0.15) is 5.10 Å². The van der Waals surface area contributed by atoms with Gasteiger partial charge in [0.2, 0.25) is 0 Å². The van der Waals surface area contributed by atoms with Gasteiger partial charge in [0.1, 0.15) is 5.82 Å². The summed E-state index contributed by atoms with van der Waals surface area (Å²) in [5.74, 6) is 6.61. The zero-order chi connectivity index (χ0) is 16.1. The standard InChI is InChI=1S/C17H16N6/c18-15(23-19)14-11-20-16(12-7-3-1-4-8-12)22-17(14)21-13-9-5-2-6-10-13/h1-11H,19H2,(H2,18,23)(H,20,21,22). The molecule has 0 saturated heterocycles. The van der Waals surface area contributed by atoms with Crippen LogP contribution in [0.4, 0.5) is 11.5 Å². The molecule has 23 heavy (non-hydrogen) atoms. The van der Waals surface area contributed by atoms with Crippen LogP contribution in [0.15, 0.2) is 72.0 Å². The summed E-state index contributed by atoms with van der Waals surface area (Å²) >= 11 is 0. The molecule has 3 aromatic rings. The first kappa shape index (κ1) is 14.5. The van der Waals surface area contributed by atoms with E-state index in [4.69, 9.17) is 11.6 Å². The Kier molecular flexibility index (Phi) is 4.15. The zero-order valence-corrected chi connectivity index (χ0v) is 12.3. The maximum Gasteiger partial charge on any atom is 0.161 e. The van der Waals surface area contributed by atoms with E-state index >= 15 is 0 Å². The van der Waals surface area contributed by atoms with Crippen molar-refractivity contribution >= 4 is 17.3 Å². The molecular formula is C17H16N6. The summed E-state index contributed by atoms with van der Waals surface area (Å²) < 4.78 is 0. The summed E-state index contributed by atoms with van der Waals surface area (Å²) in [6.07, 6.45) is 1.62. The second-order valence-corrected chi connectivity index (χ2v) is 4.83. The Bertz CT molecular complexity index is 815. The molecule has 0 aliphatic rings. The highest BCUT2D eigenvalue weighted by Crippen LogP contribution is 2.22. The van der Waals surface area contributed by atoms with Gasteiger partial charge in [0.15, 0.2) is 11.7 Å². The van der Waals surface area contributed by atoms with Crippen LogP contribution < -0.4 is 16.9 Å². The topological polar surface area (TPSA) is 102 Å². The van der Waals surface area contributed by atoms with Crippen molar-refractivity contribution in [2.45, 2.75) is 0 Å². The van der Waals surface area contributed by atoms with Gasteiger partial charge in [0.25, 0.3) is 0 Å². The summed E-state index contributed by atoms with van der Waals surface area (Å²) in [5.41, 5.74) is 8.20. The maximum absolute atomic E-state index is 5.84. The summed E-state index contributed by atoms with van der Waals surface area (Å²) in [6, 6.07) is 19.4. The molecule has 3 rings (SSSR count). The van der Waals surface area contributed by atoms with Crippen LogP contribution in [0.5, 0.6) is 0 Å². The molecule has 114 valence electrons. The molecule has 2 aromatic carbocycles. The van der Waals surface area contributed by atoms with Crippen molar-refractivity contribution in [1.82, 2.24) is 9.97 Å². The predicted molar refractivity (Wildman–Crippen MR) is 92.1 cm³/mol. The number of para-hydroxylation sites is 1. The number of benzene rings is 2. The van der Waals surface area contributed by atoms with Gasteiger partial charge in [-0.3, -0.25) is 0 Å². The molecular weight excluding hydrogens is 288 g/mol. The quantitative estimate of drug-likeness (QED) is 0.297. The Morgan fingerprint density at radius 2 is 1.61 bits per heavy atom. The van der Waals surface area contributed by atoms with E-state index in [1.54, 1.807) is 6.20 Å². The lowest BCUT2D eigenvalue weighted by Gasteiger charge is -2.11. The summed E-state index contributed by atoms with van der Waals surface area (Å²) in [5, 5.41) is 6.77. The maximum atomic E-state index is 5.84. The molecule has 0 aliphatic heterocycles. The normalized spacial score (nSPS) is 11.2. The van der Waals surface area contributed by atoms with E-state index in [1.807, 2.05) is 60.7 Å². The Morgan fingerprint density at radius 3 is 2.26 bits per heavy atom. The average Bonchev–Trinajstić information content (AvgIpc) is 2.62. The van der Waals surface area contributed by atoms with Crippen LogP contribution in [0.1, 0.15) is 5.56 Å². The molecule has 0 unspecified atom stereocenters. The third-order valence-electron chi connectivity index (χ3n) is 3.27. The lowest BCUT2D eigenvalue weighted by molar-refractivity contribution is 1.15. The van der Waals surface area contributed by atoms with Gasteiger partial charge in [-0.1, -0.05) is 48.5 Å². The lowest BCUT2D eigenvalue weighted by Crippen LogP contribution is -2.18. The van der Waals surface area contributed by atoms with E-state index in [-0.39, 0.29) is 5.84 Å². The highest BCUT2D eigenvalue weighted by atomic mass is 15.2. The fourth-order valence-electron chi connectivity index (χ4n) is 2.12. The fourth-order valence-corrected chi connectivity index (χ4v) is 2.12. The molecule has 0 radical (unpaired) electrons. The van der Waals surface area contributed by atoms with Crippen LogP contribution in [0.25, 0.3) is 11.4 Å². The van der Waals surface area contributed by atoms with Crippen LogP contribution >= 0.6 is 0 Å².